The Morgan fingerprint density at radius 1 is 1.15 bits per heavy atom. The van der Waals surface area contributed by atoms with Gasteiger partial charge in [0, 0.05) is 17.6 Å². The van der Waals surface area contributed by atoms with E-state index in [9.17, 15) is 9.70 Å². The van der Waals surface area contributed by atoms with Gasteiger partial charge in [0.1, 0.15) is 5.69 Å². The molecule has 4 aromatic rings. The maximum atomic E-state index is 13.4. The number of aromatic nitrogens is 3. The van der Waals surface area contributed by atoms with Crippen molar-refractivity contribution in [3.8, 4) is 0 Å². The van der Waals surface area contributed by atoms with Gasteiger partial charge in [0.2, 0.25) is 0 Å². The van der Waals surface area contributed by atoms with Crippen LogP contribution in [0.15, 0.2) is 40.4 Å². The summed E-state index contributed by atoms with van der Waals surface area (Å²) in [6.07, 6.45) is 2.57. The van der Waals surface area contributed by atoms with Crippen molar-refractivity contribution in [2.24, 2.45) is 5.18 Å². The Hall–Kier alpha value is -3.26. The summed E-state index contributed by atoms with van der Waals surface area (Å²) in [5.74, 6) is 0. The Morgan fingerprint density at radius 2 is 1.96 bits per heavy atom. The van der Waals surface area contributed by atoms with E-state index in [1.165, 1.54) is 0 Å². The van der Waals surface area contributed by atoms with E-state index in [1.807, 2.05) is 26.2 Å². The van der Waals surface area contributed by atoms with Crippen LogP contribution in [-0.2, 0) is 0 Å². The molecule has 0 aliphatic carbocycles. The van der Waals surface area contributed by atoms with Gasteiger partial charge in [0.05, 0.1) is 33.5 Å². The van der Waals surface area contributed by atoms with Crippen LogP contribution in [0.2, 0.25) is 0 Å². The molecule has 8 nitrogen and oxygen atoms in total. The van der Waals surface area contributed by atoms with Crippen molar-refractivity contribution in [1.29, 1.82) is 0 Å². The zero-order valence-corrected chi connectivity index (χ0v) is 15.2. The van der Waals surface area contributed by atoms with E-state index in [0.29, 0.717) is 34.0 Å². The third kappa shape index (κ3) is 2.93. The number of nitrogens with zero attached hydrogens (tertiary/aromatic N) is 3. The quantitative estimate of drug-likeness (QED) is 0.276. The van der Waals surface area contributed by atoms with Gasteiger partial charge >= 0.3 is 0 Å². The van der Waals surface area contributed by atoms with E-state index >= 15 is 0 Å². The Kier molecular flexibility index (Phi) is 4.33. The molecule has 0 bridgehead atoms. The summed E-state index contributed by atoms with van der Waals surface area (Å²) < 4.78 is 0. The average molecular weight is 364 g/mol. The number of fused-ring (bicyclic) bond motifs is 4. The molecular formula is C19H20N6O2. The van der Waals surface area contributed by atoms with Crippen LogP contribution in [0.1, 0.15) is 6.42 Å². The lowest BCUT2D eigenvalue weighted by molar-refractivity contribution is 0.405. The fraction of sp³-hybridized carbons (Fsp3) is 0.263. The summed E-state index contributed by atoms with van der Waals surface area (Å²) in [5, 5.41) is 15.1. The van der Waals surface area contributed by atoms with Crippen LogP contribution in [0.4, 0.5) is 11.4 Å². The summed E-state index contributed by atoms with van der Waals surface area (Å²) in [5.41, 5.74) is 2.65. The molecule has 0 fully saturated rings. The second-order valence-corrected chi connectivity index (χ2v) is 6.83. The van der Waals surface area contributed by atoms with Crippen LogP contribution < -0.4 is 10.7 Å². The molecule has 0 unspecified atom stereocenters. The molecule has 27 heavy (non-hydrogen) atoms. The number of anilines is 1. The first-order chi connectivity index (χ1) is 13.1. The number of pyridine rings is 1. The fourth-order valence-electron chi connectivity index (χ4n) is 3.42. The SMILES string of the molecule is CN(C)CCCNc1ccc(N=O)c2[nH]c3ccc4[nH]ncc4c3c(=O)c12. The molecule has 2 aromatic heterocycles. The first-order valence-electron chi connectivity index (χ1n) is 8.77. The van der Waals surface area contributed by atoms with Gasteiger partial charge in [-0.25, -0.2) is 0 Å². The van der Waals surface area contributed by atoms with E-state index < -0.39 is 0 Å². The summed E-state index contributed by atoms with van der Waals surface area (Å²) in [6.45, 7) is 1.66. The van der Waals surface area contributed by atoms with E-state index in [-0.39, 0.29) is 11.1 Å². The fourth-order valence-corrected chi connectivity index (χ4v) is 3.42. The van der Waals surface area contributed by atoms with Gasteiger partial charge < -0.3 is 15.2 Å². The van der Waals surface area contributed by atoms with E-state index in [4.69, 9.17) is 0 Å². The van der Waals surface area contributed by atoms with Crippen molar-refractivity contribution in [1.82, 2.24) is 20.1 Å². The predicted octanol–water partition coefficient (Wildman–Crippen LogP) is 3.32. The summed E-state index contributed by atoms with van der Waals surface area (Å²) in [7, 11) is 4.04. The van der Waals surface area contributed by atoms with Gasteiger partial charge in [-0.2, -0.15) is 5.10 Å². The molecule has 0 atom stereocenters. The number of aromatic amines is 2. The van der Waals surface area contributed by atoms with Crippen LogP contribution in [0, 0.1) is 4.91 Å². The van der Waals surface area contributed by atoms with Gasteiger partial charge in [-0.3, -0.25) is 9.89 Å². The van der Waals surface area contributed by atoms with Crippen LogP contribution in [0.3, 0.4) is 0 Å². The summed E-state index contributed by atoms with van der Waals surface area (Å²) in [6, 6.07) is 7.03. The molecule has 0 saturated heterocycles. The minimum Gasteiger partial charge on any atom is -0.384 e. The molecule has 8 heteroatoms. The van der Waals surface area contributed by atoms with E-state index in [1.54, 1.807) is 18.3 Å². The highest BCUT2D eigenvalue weighted by Gasteiger charge is 2.16. The van der Waals surface area contributed by atoms with E-state index in [2.05, 4.69) is 30.6 Å². The zero-order chi connectivity index (χ0) is 19.0. The highest BCUT2D eigenvalue weighted by Crippen LogP contribution is 2.31. The van der Waals surface area contributed by atoms with Crippen molar-refractivity contribution in [3.63, 3.8) is 0 Å². The Labute approximate surface area is 154 Å². The van der Waals surface area contributed by atoms with Crippen LogP contribution in [-0.4, -0.2) is 47.3 Å². The van der Waals surface area contributed by atoms with Gasteiger partial charge in [-0.15, -0.1) is 4.91 Å². The molecule has 2 aromatic carbocycles. The molecule has 4 rings (SSSR count). The Bertz CT molecular complexity index is 1210. The van der Waals surface area contributed by atoms with Crippen LogP contribution >= 0.6 is 0 Å². The Balaban J connectivity index is 1.93. The summed E-state index contributed by atoms with van der Waals surface area (Å²) in [4.78, 5) is 30.0. The largest absolute Gasteiger partial charge is 0.384 e. The highest BCUT2D eigenvalue weighted by atomic mass is 16.3. The molecule has 0 saturated carbocycles. The predicted molar refractivity (Wildman–Crippen MR) is 109 cm³/mol. The van der Waals surface area contributed by atoms with Gasteiger partial charge in [-0.1, -0.05) is 0 Å². The lowest BCUT2D eigenvalue weighted by atomic mass is 10.0. The van der Waals surface area contributed by atoms with Crippen molar-refractivity contribution in [2.75, 3.05) is 32.5 Å². The van der Waals surface area contributed by atoms with Crippen LogP contribution in [0.25, 0.3) is 32.7 Å². The molecule has 0 amide bonds. The lowest BCUT2D eigenvalue weighted by Gasteiger charge is -2.13. The second kappa shape index (κ2) is 6.81. The number of hydrogen-bond donors (Lipinski definition) is 3. The molecule has 0 aliphatic rings. The number of nitrogens with one attached hydrogen (secondary N) is 3. The molecule has 0 spiro atoms. The van der Waals surface area contributed by atoms with Crippen molar-refractivity contribution < 1.29 is 0 Å². The molecule has 0 radical (unpaired) electrons. The Morgan fingerprint density at radius 3 is 2.74 bits per heavy atom. The maximum Gasteiger partial charge on any atom is 0.200 e. The standard InChI is InChI=1S/C19H20N6O2/c1-25(2)9-3-8-20-13-5-7-15(24-27)18-17(13)19(26)16-11-10-21-23-12(11)4-6-14(16)22-18/h4-7,10,20H,3,8-9H2,1-2H3,(H,21,23)(H,22,26). The smallest absolute Gasteiger partial charge is 0.200 e. The third-order valence-corrected chi connectivity index (χ3v) is 4.72. The molecule has 3 N–H and O–H groups in total. The van der Waals surface area contributed by atoms with Crippen molar-refractivity contribution in [3.05, 3.63) is 45.6 Å². The van der Waals surface area contributed by atoms with Gasteiger partial charge in [-0.05, 0) is 56.5 Å². The van der Waals surface area contributed by atoms with Crippen LogP contribution in [0.5, 0.6) is 0 Å². The van der Waals surface area contributed by atoms with Gasteiger partial charge in [0.15, 0.2) is 5.43 Å². The first-order valence-corrected chi connectivity index (χ1v) is 8.77. The normalized spacial score (nSPS) is 11.7. The second-order valence-electron chi connectivity index (χ2n) is 6.83. The first kappa shape index (κ1) is 17.2. The minimum absolute atomic E-state index is 0.147. The topological polar surface area (TPSA) is 106 Å². The summed E-state index contributed by atoms with van der Waals surface area (Å²) >= 11 is 0. The minimum atomic E-state index is -0.147. The number of rotatable bonds is 6. The van der Waals surface area contributed by atoms with Crippen molar-refractivity contribution in [2.45, 2.75) is 6.42 Å². The number of H-pyrrole nitrogens is 2. The zero-order valence-electron chi connectivity index (χ0n) is 15.2. The highest BCUT2D eigenvalue weighted by molar-refractivity contribution is 6.11. The van der Waals surface area contributed by atoms with E-state index in [0.717, 1.165) is 23.9 Å². The number of nitroso groups, excluding NO2 is 1. The molecule has 0 aliphatic heterocycles. The molecule has 138 valence electrons. The number of benzene rings is 2. The maximum absolute atomic E-state index is 13.4. The average Bonchev–Trinajstić information content (AvgIpc) is 3.13. The third-order valence-electron chi connectivity index (χ3n) is 4.72. The molecular weight excluding hydrogens is 344 g/mol. The lowest BCUT2D eigenvalue weighted by Crippen LogP contribution is -2.17. The molecule has 2 heterocycles. The number of hydrogen-bond acceptors (Lipinski definition) is 6. The van der Waals surface area contributed by atoms with Gasteiger partial charge in [0.25, 0.3) is 0 Å². The monoisotopic (exact) mass is 364 g/mol. The van der Waals surface area contributed by atoms with Crippen molar-refractivity contribution >= 4 is 44.1 Å².